The molecular weight excluding hydrogens is 224 g/mol. The molecule has 0 aliphatic rings. The Hall–Kier alpha value is -1.36. The van der Waals surface area contributed by atoms with Crippen LogP contribution in [0, 0.1) is 0 Å². The number of esters is 2. The fraction of sp³-hybridized carbons (Fsp3) is 0.667. The van der Waals surface area contributed by atoms with Crippen LogP contribution in [0.4, 0.5) is 0 Å². The lowest BCUT2D eigenvalue weighted by molar-refractivity contribution is -0.156. The molecule has 0 aliphatic carbocycles. The molecule has 0 aromatic rings. The summed E-state index contributed by atoms with van der Waals surface area (Å²) in [7, 11) is 1.30. The van der Waals surface area contributed by atoms with Gasteiger partial charge in [0.1, 0.15) is 5.60 Å². The van der Waals surface area contributed by atoms with Gasteiger partial charge in [0.2, 0.25) is 0 Å². The number of carbonyl (C=O) groups is 2. The molecule has 0 saturated carbocycles. The Kier molecular flexibility index (Phi) is 7.21. The maximum atomic E-state index is 11.3. The molecule has 0 rings (SSSR count). The quantitative estimate of drug-likeness (QED) is 0.402. The maximum absolute atomic E-state index is 11.3. The van der Waals surface area contributed by atoms with Gasteiger partial charge in [0.25, 0.3) is 0 Å². The van der Waals surface area contributed by atoms with Crippen molar-refractivity contribution >= 4 is 11.9 Å². The third-order valence-corrected chi connectivity index (χ3v) is 1.54. The van der Waals surface area contributed by atoms with Gasteiger partial charge in [0.15, 0.2) is 0 Å². The zero-order chi connectivity index (χ0) is 13.3. The standard InChI is InChI=1S/C12H20O5/c1-12(2,3)17-11(14)7-9-16-8-5-6-10(13)15-4/h5-6H,7-9H2,1-4H3. The second kappa shape index (κ2) is 7.84. The van der Waals surface area contributed by atoms with Crippen LogP contribution in [-0.4, -0.2) is 37.9 Å². The van der Waals surface area contributed by atoms with E-state index in [2.05, 4.69) is 4.74 Å². The third-order valence-electron chi connectivity index (χ3n) is 1.54. The molecule has 0 heterocycles. The highest BCUT2D eigenvalue weighted by Gasteiger charge is 2.15. The van der Waals surface area contributed by atoms with Crippen LogP contribution in [0.2, 0.25) is 0 Å². The van der Waals surface area contributed by atoms with Crippen LogP contribution in [-0.2, 0) is 23.8 Å². The highest BCUT2D eigenvalue weighted by Crippen LogP contribution is 2.07. The van der Waals surface area contributed by atoms with Crippen LogP contribution in [0.3, 0.4) is 0 Å². The van der Waals surface area contributed by atoms with Gasteiger partial charge in [-0.1, -0.05) is 6.08 Å². The molecule has 0 aromatic carbocycles. The van der Waals surface area contributed by atoms with Crippen molar-refractivity contribution in [2.75, 3.05) is 20.3 Å². The average molecular weight is 244 g/mol. The predicted octanol–water partition coefficient (Wildman–Crippen LogP) is 1.46. The maximum Gasteiger partial charge on any atom is 0.330 e. The number of methoxy groups -OCH3 is 1. The molecular formula is C12H20O5. The Labute approximate surface area is 102 Å². The van der Waals surface area contributed by atoms with E-state index < -0.39 is 11.6 Å². The summed E-state index contributed by atoms with van der Waals surface area (Å²) in [4.78, 5) is 21.9. The fourth-order valence-electron chi connectivity index (χ4n) is 0.912. The molecule has 98 valence electrons. The SMILES string of the molecule is COC(=O)C=CCOCCC(=O)OC(C)(C)C. The van der Waals surface area contributed by atoms with Gasteiger partial charge in [-0.15, -0.1) is 0 Å². The van der Waals surface area contributed by atoms with Gasteiger partial charge in [-0.25, -0.2) is 4.79 Å². The van der Waals surface area contributed by atoms with Gasteiger partial charge in [0.05, 0.1) is 26.7 Å². The number of hydrogen-bond donors (Lipinski definition) is 0. The molecule has 0 aromatic heterocycles. The molecule has 17 heavy (non-hydrogen) atoms. The molecule has 0 atom stereocenters. The minimum Gasteiger partial charge on any atom is -0.466 e. The minimum atomic E-state index is -0.470. The van der Waals surface area contributed by atoms with Crippen LogP contribution >= 0.6 is 0 Å². The summed E-state index contributed by atoms with van der Waals surface area (Å²) in [5, 5.41) is 0. The molecule has 0 radical (unpaired) electrons. The molecule has 5 nitrogen and oxygen atoms in total. The smallest absolute Gasteiger partial charge is 0.330 e. The highest BCUT2D eigenvalue weighted by atomic mass is 16.6. The lowest BCUT2D eigenvalue weighted by Gasteiger charge is -2.19. The molecule has 5 heteroatoms. The summed E-state index contributed by atoms with van der Waals surface area (Å²) in [5.41, 5.74) is -0.470. The number of ether oxygens (including phenoxy) is 3. The minimum absolute atomic E-state index is 0.198. The number of hydrogen-bond acceptors (Lipinski definition) is 5. The van der Waals surface area contributed by atoms with Crippen molar-refractivity contribution < 1.29 is 23.8 Å². The average Bonchev–Trinajstić information content (AvgIpc) is 2.20. The van der Waals surface area contributed by atoms with Crippen molar-refractivity contribution in [3.63, 3.8) is 0 Å². The second-order valence-electron chi connectivity index (χ2n) is 4.34. The van der Waals surface area contributed by atoms with E-state index in [1.165, 1.54) is 19.3 Å². The van der Waals surface area contributed by atoms with Crippen molar-refractivity contribution in [3.8, 4) is 0 Å². The zero-order valence-electron chi connectivity index (χ0n) is 10.8. The van der Waals surface area contributed by atoms with E-state index in [0.29, 0.717) is 0 Å². The summed E-state index contributed by atoms with van der Waals surface area (Å²) in [6.45, 7) is 5.96. The first-order valence-corrected chi connectivity index (χ1v) is 5.39. The van der Waals surface area contributed by atoms with Gasteiger partial charge in [-0.3, -0.25) is 4.79 Å². The Morgan fingerprint density at radius 2 is 1.88 bits per heavy atom. The predicted molar refractivity (Wildman–Crippen MR) is 62.4 cm³/mol. The molecule has 0 aliphatic heterocycles. The number of rotatable bonds is 6. The Balaban J connectivity index is 3.55. The topological polar surface area (TPSA) is 61.8 Å². The van der Waals surface area contributed by atoms with E-state index in [9.17, 15) is 9.59 Å². The lowest BCUT2D eigenvalue weighted by atomic mass is 10.2. The number of carbonyl (C=O) groups excluding carboxylic acids is 2. The van der Waals surface area contributed by atoms with Crippen molar-refractivity contribution in [3.05, 3.63) is 12.2 Å². The molecule has 0 saturated heterocycles. The monoisotopic (exact) mass is 244 g/mol. The van der Waals surface area contributed by atoms with Crippen LogP contribution in [0.25, 0.3) is 0 Å². The first-order valence-electron chi connectivity index (χ1n) is 5.39. The van der Waals surface area contributed by atoms with Gasteiger partial charge in [0, 0.05) is 6.08 Å². The van der Waals surface area contributed by atoms with Gasteiger partial charge in [-0.05, 0) is 20.8 Å². The molecule has 0 bridgehead atoms. The van der Waals surface area contributed by atoms with Crippen molar-refractivity contribution in [2.24, 2.45) is 0 Å². The van der Waals surface area contributed by atoms with Crippen molar-refractivity contribution in [1.82, 2.24) is 0 Å². The molecule has 0 unspecified atom stereocenters. The molecule has 0 spiro atoms. The Morgan fingerprint density at radius 3 is 2.41 bits per heavy atom. The summed E-state index contributed by atoms with van der Waals surface area (Å²) in [6, 6.07) is 0. The normalized spacial score (nSPS) is 11.5. The first kappa shape index (κ1) is 15.6. The summed E-state index contributed by atoms with van der Waals surface area (Å²) >= 11 is 0. The molecule has 0 N–H and O–H groups in total. The largest absolute Gasteiger partial charge is 0.466 e. The molecule has 0 amide bonds. The van der Waals surface area contributed by atoms with E-state index in [-0.39, 0.29) is 25.6 Å². The summed E-state index contributed by atoms with van der Waals surface area (Å²) < 4.78 is 14.6. The second-order valence-corrected chi connectivity index (χ2v) is 4.34. The van der Waals surface area contributed by atoms with E-state index >= 15 is 0 Å². The summed E-state index contributed by atoms with van der Waals surface area (Å²) in [5.74, 6) is -0.727. The van der Waals surface area contributed by atoms with Gasteiger partial charge in [-0.2, -0.15) is 0 Å². The first-order chi connectivity index (χ1) is 7.85. The highest BCUT2D eigenvalue weighted by molar-refractivity contribution is 5.81. The molecule has 0 fully saturated rings. The van der Waals surface area contributed by atoms with Crippen LogP contribution in [0.1, 0.15) is 27.2 Å². The van der Waals surface area contributed by atoms with E-state index in [1.54, 1.807) is 0 Å². The van der Waals surface area contributed by atoms with E-state index in [4.69, 9.17) is 9.47 Å². The van der Waals surface area contributed by atoms with Gasteiger partial charge < -0.3 is 14.2 Å². The van der Waals surface area contributed by atoms with Crippen molar-refractivity contribution in [2.45, 2.75) is 32.8 Å². The zero-order valence-corrected chi connectivity index (χ0v) is 10.8. The van der Waals surface area contributed by atoms with Crippen LogP contribution in [0.5, 0.6) is 0 Å². The van der Waals surface area contributed by atoms with Crippen molar-refractivity contribution in [1.29, 1.82) is 0 Å². The van der Waals surface area contributed by atoms with Crippen LogP contribution < -0.4 is 0 Å². The summed E-state index contributed by atoms with van der Waals surface area (Å²) in [6.07, 6.45) is 3.00. The lowest BCUT2D eigenvalue weighted by Crippen LogP contribution is -2.24. The fourth-order valence-corrected chi connectivity index (χ4v) is 0.912. The van der Waals surface area contributed by atoms with E-state index in [0.717, 1.165) is 0 Å². The van der Waals surface area contributed by atoms with E-state index in [1.807, 2.05) is 20.8 Å². The van der Waals surface area contributed by atoms with Crippen LogP contribution in [0.15, 0.2) is 12.2 Å². The third kappa shape index (κ3) is 10.9. The Bertz CT molecular complexity index is 275. The van der Waals surface area contributed by atoms with Gasteiger partial charge >= 0.3 is 11.9 Å². The Morgan fingerprint density at radius 1 is 1.24 bits per heavy atom.